The Labute approximate surface area is 203 Å². The Bertz CT molecular complexity index is 1230. The average molecular weight is 533 g/mol. The van der Waals surface area contributed by atoms with Gasteiger partial charge >= 0.3 is 0 Å². The van der Waals surface area contributed by atoms with E-state index >= 15 is 0 Å². The lowest BCUT2D eigenvalue weighted by molar-refractivity contribution is -0.119. The lowest BCUT2D eigenvalue weighted by Crippen LogP contribution is -2.42. The highest BCUT2D eigenvalue weighted by Crippen LogP contribution is 2.26. The number of carbonyl (C=O) groups excluding carboxylic acids is 2. The molecule has 3 aromatic rings. The predicted molar refractivity (Wildman–Crippen MR) is 130 cm³/mol. The minimum atomic E-state index is -1.01. The van der Waals surface area contributed by atoms with Gasteiger partial charge in [-0.2, -0.15) is 4.99 Å². The van der Waals surface area contributed by atoms with Crippen LogP contribution in [0.15, 0.2) is 70.1 Å². The van der Waals surface area contributed by atoms with E-state index in [1.54, 1.807) is 36.4 Å². The van der Waals surface area contributed by atoms with Crippen LogP contribution < -0.4 is 11.1 Å². The summed E-state index contributed by atoms with van der Waals surface area (Å²) in [6.45, 7) is 1.47. The second-order valence-corrected chi connectivity index (χ2v) is 8.63. The van der Waals surface area contributed by atoms with E-state index in [-0.39, 0.29) is 28.6 Å². The predicted octanol–water partition coefficient (Wildman–Crippen LogP) is 4.86. The summed E-state index contributed by atoms with van der Waals surface area (Å²) >= 11 is 9.12. The number of rotatable bonds is 6. The largest absolute Gasteiger partial charge is 0.507 e. The molecule has 0 bridgehead atoms. The van der Waals surface area contributed by atoms with Gasteiger partial charge in [0.05, 0.1) is 16.4 Å². The van der Waals surface area contributed by atoms with Gasteiger partial charge in [0.25, 0.3) is 11.8 Å². The van der Waals surface area contributed by atoms with Gasteiger partial charge in [0.2, 0.25) is 0 Å². The minimum Gasteiger partial charge on any atom is -0.507 e. The number of hydrogen-bond donors (Lipinski definition) is 3. The number of carbonyl (C=O) groups is 2. The van der Waals surface area contributed by atoms with E-state index < -0.39 is 23.7 Å². The van der Waals surface area contributed by atoms with Crippen LogP contribution in [-0.2, 0) is 11.2 Å². The van der Waals surface area contributed by atoms with E-state index in [2.05, 4.69) is 26.2 Å². The normalized spacial score (nSPS) is 12.3. The summed E-state index contributed by atoms with van der Waals surface area (Å²) < 4.78 is 14.0. The molecule has 0 saturated carbocycles. The summed E-state index contributed by atoms with van der Waals surface area (Å²) in [6, 6.07) is 15.0. The number of amides is 2. The molecule has 3 rings (SSSR count). The standard InChI is InChI=1S/C24H20BrClFN3O3/c1-13(28)29-24(33)21(30-23(32)18-12-17(25)7-9-22(18)31)10-14-2-4-15(5-3-14)16-6-8-20(27)19(26)11-16/h2-9,11-12,21,31H,10H2,1H3,(H,30,32)(H2,28,29,33)/t21-/m1/s1. The van der Waals surface area contributed by atoms with Crippen molar-refractivity contribution in [3.8, 4) is 16.9 Å². The Hall–Kier alpha value is -3.23. The molecule has 0 fully saturated rings. The monoisotopic (exact) mass is 531 g/mol. The number of amidine groups is 1. The first-order valence-electron chi connectivity index (χ1n) is 9.82. The number of hydrogen-bond acceptors (Lipinski definition) is 3. The van der Waals surface area contributed by atoms with Gasteiger partial charge in [0.1, 0.15) is 17.6 Å². The van der Waals surface area contributed by atoms with Gasteiger partial charge in [-0.25, -0.2) is 4.39 Å². The molecule has 1 atom stereocenters. The second kappa shape index (κ2) is 10.6. The molecule has 0 spiro atoms. The fraction of sp³-hybridized carbons (Fsp3) is 0.125. The van der Waals surface area contributed by atoms with Crippen molar-refractivity contribution in [3.63, 3.8) is 0 Å². The Morgan fingerprint density at radius 3 is 2.42 bits per heavy atom. The molecular formula is C24H20BrClFN3O3. The van der Waals surface area contributed by atoms with Crippen molar-refractivity contribution in [2.24, 2.45) is 10.7 Å². The highest BCUT2D eigenvalue weighted by molar-refractivity contribution is 9.10. The summed E-state index contributed by atoms with van der Waals surface area (Å²) in [6.07, 6.45) is 0.139. The molecule has 0 radical (unpaired) electrons. The SMILES string of the molecule is CC(N)=NC(=O)[C@@H](Cc1ccc(-c2ccc(F)c(Cl)c2)cc1)NC(=O)c1cc(Br)ccc1O. The average Bonchev–Trinajstić information content (AvgIpc) is 2.77. The Kier molecular flexibility index (Phi) is 7.84. The van der Waals surface area contributed by atoms with Crippen molar-refractivity contribution in [2.75, 3.05) is 0 Å². The number of nitrogens with zero attached hydrogens (tertiary/aromatic N) is 1. The maximum absolute atomic E-state index is 13.4. The zero-order valence-electron chi connectivity index (χ0n) is 17.5. The molecule has 33 heavy (non-hydrogen) atoms. The molecule has 9 heteroatoms. The van der Waals surface area contributed by atoms with E-state index in [0.29, 0.717) is 4.47 Å². The third kappa shape index (κ3) is 6.40. The van der Waals surface area contributed by atoms with Crippen molar-refractivity contribution in [1.29, 1.82) is 0 Å². The molecule has 4 N–H and O–H groups in total. The van der Waals surface area contributed by atoms with Gasteiger partial charge in [0.15, 0.2) is 0 Å². The fourth-order valence-electron chi connectivity index (χ4n) is 3.12. The molecule has 170 valence electrons. The summed E-state index contributed by atoms with van der Waals surface area (Å²) in [7, 11) is 0. The zero-order valence-corrected chi connectivity index (χ0v) is 19.8. The lowest BCUT2D eigenvalue weighted by atomic mass is 10.00. The molecule has 0 unspecified atom stereocenters. The maximum Gasteiger partial charge on any atom is 0.270 e. The molecule has 0 aliphatic carbocycles. The van der Waals surface area contributed by atoms with Crippen molar-refractivity contribution >= 4 is 45.2 Å². The van der Waals surface area contributed by atoms with Crippen LogP contribution in [-0.4, -0.2) is 28.8 Å². The molecule has 6 nitrogen and oxygen atoms in total. The topological polar surface area (TPSA) is 105 Å². The molecule has 0 aromatic heterocycles. The quantitative estimate of drug-likeness (QED) is 0.311. The van der Waals surface area contributed by atoms with Crippen LogP contribution in [0.5, 0.6) is 5.75 Å². The molecule has 0 aliphatic heterocycles. The van der Waals surface area contributed by atoms with Crippen molar-refractivity contribution in [2.45, 2.75) is 19.4 Å². The number of aliphatic imine (C=N–C) groups is 1. The number of phenolic OH excluding ortho intramolecular Hbond substituents is 1. The van der Waals surface area contributed by atoms with Gasteiger partial charge < -0.3 is 16.2 Å². The van der Waals surface area contributed by atoms with E-state index in [0.717, 1.165) is 16.7 Å². The van der Waals surface area contributed by atoms with Crippen molar-refractivity contribution in [3.05, 3.63) is 87.1 Å². The van der Waals surface area contributed by atoms with Crippen molar-refractivity contribution in [1.82, 2.24) is 5.32 Å². The molecular weight excluding hydrogens is 513 g/mol. The zero-order chi connectivity index (χ0) is 24.1. The lowest BCUT2D eigenvalue weighted by Gasteiger charge is -2.17. The Morgan fingerprint density at radius 1 is 1.12 bits per heavy atom. The summed E-state index contributed by atoms with van der Waals surface area (Å²) in [5.41, 5.74) is 7.85. The molecule has 0 heterocycles. The highest BCUT2D eigenvalue weighted by Gasteiger charge is 2.23. The molecule has 3 aromatic carbocycles. The minimum absolute atomic E-state index is 0.0131. The third-order valence-electron chi connectivity index (χ3n) is 4.74. The van der Waals surface area contributed by atoms with E-state index in [1.165, 1.54) is 31.2 Å². The summed E-state index contributed by atoms with van der Waals surface area (Å²) in [5.74, 6) is -1.90. The van der Waals surface area contributed by atoms with E-state index in [4.69, 9.17) is 17.3 Å². The third-order valence-corrected chi connectivity index (χ3v) is 5.52. The smallest absolute Gasteiger partial charge is 0.270 e. The maximum atomic E-state index is 13.4. The highest BCUT2D eigenvalue weighted by atomic mass is 79.9. The Balaban J connectivity index is 1.83. The fourth-order valence-corrected chi connectivity index (χ4v) is 3.66. The first kappa shape index (κ1) is 24.4. The Morgan fingerprint density at radius 2 is 1.79 bits per heavy atom. The van der Waals surface area contributed by atoms with Gasteiger partial charge in [-0.1, -0.05) is 57.9 Å². The second-order valence-electron chi connectivity index (χ2n) is 7.31. The van der Waals surface area contributed by atoms with Crippen LogP contribution >= 0.6 is 27.5 Å². The molecule has 0 saturated heterocycles. The van der Waals surface area contributed by atoms with Crippen LogP contribution in [0.4, 0.5) is 4.39 Å². The summed E-state index contributed by atoms with van der Waals surface area (Å²) in [4.78, 5) is 29.1. The number of phenols is 1. The van der Waals surface area contributed by atoms with E-state index in [9.17, 15) is 19.1 Å². The number of halogens is 3. The number of nitrogens with one attached hydrogen (secondary N) is 1. The molecule has 0 aliphatic rings. The van der Waals surface area contributed by atoms with Crippen LogP contribution in [0, 0.1) is 5.82 Å². The van der Waals surface area contributed by atoms with Crippen molar-refractivity contribution < 1.29 is 19.1 Å². The summed E-state index contributed by atoms with van der Waals surface area (Å²) in [5, 5.41) is 12.7. The molecule has 2 amide bonds. The van der Waals surface area contributed by atoms with Crippen LogP contribution in [0.3, 0.4) is 0 Å². The first-order chi connectivity index (χ1) is 15.6. The van der Waals surface area contributed by atoms with Gasteiger partial charge in [-0.05, 0) is 53.9 Å². The first-order valence-corrected chi connectivity index (χ1v) is 11.0. The number of aromatic hydroxyl groups is 1. The van der Waals surface area contributed by atoms with Crippen LogP contribution in [0.2, 0.25) is 5.02 Å². The van der Waals surface area contributed by atoms with Crippen LogP contribution in [0.1, 0.15) is 22.8 Å². The van der Waals surface area contributed by atoms with Gasteiger partial charge in [-0.3, -0.25) is 9.59 Å². The number of benzene rings is 3. The van der Waals surface area contributed by atoms with Gasteiger partial charge in [-0.15, -0.1) is 0 Å². The van der Waals surface area contributed by atoms with E-state index in [1.807, 2.05) is 0 Å². The number of nitrogens with two attached hydrogens (primary N) is 1. The van der Waals surface area contributed by atoms with Gasteiger partial charge in [0, 0.05) is 10.9 Å². The van der Waals surface area contributed by atoms with Crippen LogP contribution in [0.25, 0.3) is 11.1 Å².